The molecule has 1 amide bonds. The van der Waals surface area contributed by atoms with Crippen molar-refractivity contribution in [3.63, 3.8) is 0 Å². The molecule has 1 atom stereocenters. The third kappa shape index (κ3) is 9.69. The summed E-state index contributed by atoms with van der Waals surface area (Å²) in [6, 6.07) is 27.5. The topological polar surface area (TPSA) is 115 Å². The minimum absolute atomic E-state index is 0.0691. The van der Waals surface area contributed by atoms with Gasteiger partial charge in [-0.2, -0.15) is 0 Å². The van der Waals surface area contributed by atoms with Gasteiger partial charge in [-0.15, -0.1) is 0 Å². The van der Waals surface area contributed by atoms with Crippen LogP contribution in [0.15, 0.2) is 102 Å². The second kappa shape index (κ2) is 16.1. The predicted octanol–water partition coefficient (Wildman–Crippen LogP) is 8.01. The number of alkyl halides is 1. The first-order valence-electron chi connectivity index (χ1n) is 13.4. The number of nitrogens with two attached hydrogens (primary N) is 2. The van der Waals surface area contributed by atoms with Gasteiger partial charge in [0.2, 0.25) is 10.0 Å². The zero-order valence-corrected chi connectivity index (χ0v) is 27.2. The van der Waals surface area contributed by atoms with Crippen LogP contribution in [0, 0.1) is 13.8 Å². The van der Waals surface area contributed by atoms with Gasteiger partial charge in [0.1, 0.15) is 0 Å². The van der Waals surface area contributed by atoms with Crippen molar-refractivity contribution in [2.75, 3.05) is 11.1 Å². The van der Waals surface area contributed by atoms with E-state index in [9.17, 15) is 13.2 Å². The van der Waals surface area contributed by atoms with Gasteiger partial charge in [0, 0.05) is 22.5 Å². The van der Waals surface area contributed by atoms with Crippen LogP contribution in [-0.2, 0) is 10.0 Å². The lowest BCUT2D eigenvalue weighted by molar-refractivity contribution is 0.102. The summed E-state index contributed by atoms with van der Waals surface area (Å²) in [5, 5.41) is 8.27. The molecule has 8 heteroatoms. The first-order chi connectivity index (χ1) is 19.9. The van der Waals surface area contributed by atoms with E-state index < -0.39 is 10.0 Å². The van der Waals surface area contributed by atoms with E-state index in [1.54, 1.807) is 42.5 Å². The summed E-state index contributed by atoms with van der Waals surface area (Å²) in [5.74, 6) is 1.93. The van der Waals surface area contributed by atoms with E-state index in [-0.39, 0.29) is 16.7 Å². The number of carbonyl (C=O) groups excluding carboxylic acids is 1. The minimum Gasteiger partial charge on any atom is -0.399 e. The highest BCUT2D eigenvalue weighted by Gasteiger charge is 2.17. The smallest absolute Gasteiger partial charge is 0.255 e. The molecule has 0 saturated heterocycles. The van der Waals surface area contributed by atoms with Crippen LogP contribution in [-0.4, -0.2) is 20.2 Å². The van der Waals surface area contributed by atoms with Crippen LogP contribution >= 0.6 is 15.9 Å². The molecule has 0 aromatic heterocycles. The number of primary sulfonamides is 1. The molecular weight excluding hydrogens is 610 g/mol. The van der Waals surface area contributed by atoms with Crippen LogP contribution in [0.1, 0.15) is 58.8 Å². The average molecular weight is 651 g/mol. The van der Waals surface area contributed by atoms with E-state index in [1.165, 1.54) is 11.6 Å². The van der Waals surface area contributed by atoms with Crippen molar-refractivity contribution in [2.45, 2.75) is 44.9 Å². The van der Waals surface area contributed by atoms with E-state index >= 15 is 0 Å². The van der Waals surface area contributed by atoms with Gasteiger partial charge in [0.05, 0.1) is 4.90 Å². The zero-order chi connectivity index (χ0) is 31.4. The molecule has 6 nitrogen and oxygen atoms in total. The Hall–Kier alpha value is -3.72. The molecular formula is C34H40BrN3O3S. The number of sulfonamides is 1. The van der Waals surface area contributed by atoms with E-state index in [2.05, 4.69) is 47.7 Å². The number of aryl methyl sites for hydroxylation is 2. The fourth-order valence-corrected chi connectivity index (χ4v) is 5.01. The second-order valence-corrected chi connectivity index (χ2v) is 11.4. The van der Waals surface area contributed by atoms with Crippen molar-refractivity contribution >= 4 is 43.2 Å². The zero-order valence-electron chi connectivity index (χ0n) is 24.8. The summed E-state index contributed by atoms with van der Waals surface area (Å²) < 4.78 is 23.7. The Morgan fingerprint density at radius 1 is 0.905 bits per heavy atom. The molecule has 0 radical (unpaired) electrons. The van der Waals surface area contributed by atoms with E-state index in [1.807, 2.05) is 56.1 Å². The predicted molar refractivity (Wildman–Crippen MR) is 180 cm³/mol. The second-order valence-electron chi connectivity index (χ2n) is 9.87. The maximum absolute atomic E-state index is 12.9. The molecule has 0 fully saturated rings. The average Bonchev–Trinajstić information content (AvgIpc) is 2.98. The molecule has 222 valence electrons. The summed E-state index contributed by atoms with van der Waals surface area (Å²) in [6.07, 6.45) is 0.946. The van der Waals surface area contributed by atoms with Gasteiger partial charge >= 0.3 is 0 Å². The van der Waals surface area contributed by atoms with Gasteiger partial charge in [-0.05, 0) is 79.0 Å². The molecule has 0 aliphatic rings. The number of benzene rings is 4. The SMILES string of the molecule is C=C(N)c1cccc(C)c1.CBr.CCC(C)c1cc(C)ccc1C(=O)Nc1ccc(-c2ccccc2S(N)(=O)=O)cc1. The van der Waals surface area contributed by atoms with Crippen LogP contribution in [0.25, 0.3) is 16.8 Å². The third-order valence-corrected chi connectivity index (χ3v) is 7.60. The standard InChI is InChI=1S/C24H26N2O3S.C9H11N.CH3Br/c1-4-17(3)22-15-16(2)9-14-21(22)24(27)26-19-12-10-18(11-13-19)20-7-5-6-8-23(20)30(25,28)29;1-7-4-3-5-9(6-7)8(2)10;1-2/h5-15,17H,4H2,1-3H3,(H,26,27)(H2,25,28,29);3-6H,2,10H2,1H3;1H3. The number of rotatable bonds is 7. The summed E-state index contributed by atoms with van der Waals surface area (Å²) in [6.45, 7) is 11.9. The van der Waals surface area contributed by atoms with Crippen molar-refractivity contribution in [1.29, 1.82) is 0 Å². The van der Waals surface area contributed by atoms with Crippen LogP contribution in [0.5, 0.6) is 0 Å². The Balaban J connectivity index is 0.000000431. The molecule has 42 heavy (non-hydrogen) atoms. The molecule has 1 unspecified atom stereocenters. The van der Waals surface area contributed by atoms with Gasteiger partial charge in [0.25, 0.3) is 5.91 Å². The minimum atomic E-state index is -3.84. The molecule has 0 spiro atoms. The highest BCUT2D eigenvalue weighted by molar-refractivity contribution is 9.08. The number of hydrogen-bond acceptors (Lipinski definition) is 4. The van der Waals surface area contributed by atoms with Crippen molar-refractivity contribution in [1.82, 2.24) is 0 Å². The highest BCUT2D eigenvalue weighted by atomic mass is 79.9. The van der Waals surface area contributed by atoms with Gasteiger partial charge in [0.15, 0.2) is 0 Å². The van der Waals surface area contributed by atoms with Crippen molar-refractivity contribution in [3.8, 4) is 11.1 Å². The number of hydrogen-bond donors (Lipinski definition) is 3. The van der Waals surface area contributed by atoms with E-state index in [4.69, 9.17) is 10.9 Å². The van der Waals surface area contributed by atoms with Crippen LogP contribution in [0.2, 0.25) is 0 Å². The maximum atomic E-state index is 12.9. The number of carbonyl (C=O) groups is 1. The quantitative estimate of drug-likeness (QED) is 0.176. The van der Waals surface area contributed by atoms with Crippen LogP contribution in [0.4, 0.5) is 5.69 Å². The maximum Gasteiger partial charge on any atom is 0.255 e. The number of anilines is 1. The first-order valence-corrected chi connectivity index (χ1v) is 16.6. The van der Waals surface area contributed by atoms with Crippen molar-refractivity contribution in [3.05, 3.63) is 125 Å². The lowest BCUT2D eigenvalue weighted by Crippen LogP contribution is -2.15. The summed E-state index contributed by atoms with van der Waals surface area (Å²) in [5.41, 5.74) is 13.0. The molecule has 4 aromatic rings. The highest BCUT2D eigenvalue weighted by Crippen LogP contribution is 2.28. The molecule has 0 bridgehead atoms. The van der Waals surface area contributed by atoms with Crippen LogP contribution in [0.3, 0.4) is 0 Å². The molecule has 4 aromatic carbocycles. The molecule has 4 rings (SSSR count). The number of halogens is 1. The Kier molecular flexibility index (Phi) is 13.2. The Morgan fingerprint density at radius 2 is 1.52 bits per heavy atom. The molecule has 0 saturated carbocycles. The molecule has 0 aliphatic carbocycles. The van der Waals surface area contributed by atoms with Crippen molar-refractivity contribution < 1.29 is 13.2 Å². The summed E-state index contributed by atoms with van der Waals surface area (Å²) in [4.78, 5) is 13.0. The van der Waals surface area contributed by atoms with Gasteiger partial charge in [-0.25, -0.2) is 13.6 Å². The molecule has 5 N–H and O–H groups in total. The Bertz CT molecular complexity index is 1620. The Morgan fingerprint density at radius 3 is 2.07 bits per heavy atom. The lowest BCUT2D eigenvalue weighted by Gasteiger charge is -2.16. The fraction of sp³-hybridized carbons (Fsp3) is 0.206. The molecule has 0 heterocycles. The normalized spacial score (nSPS) is 11.2. The number of amides is 1. The third-order valence-electron chi connectivity index (χ3n) is 6.63. The van der Waals surface area contributed by atoms with Gasteiger partial charge < -0.3 is 11.1 Å². The van der Waals surface area contributed by atoms with Crippen LogP contribution < -0.4 is 16.2 Å². The van der Waals surface area contributed by atoms with E-state index in [0.717, 1.165) is 23.1 Å². The number of nitrogens with one attached hydrogen (secondary N) is 1. The monoisotopic (exact) mass is 649 g/mol. The molecule has 0 aliphatic heterocycles. The lowest BCUT2D eigenvalue weighted by atomic mass is 9.92. The van der Waals surface area contributed by atoms with Gasteiger partial charge in [-0.1, -0.05) is 108 Å². The summed E-state index contributed by atoms with van der Waals surface area (Å²) >= 11 is 2.94. The first kappa shape index (κ1) is 34.5. The van der Waals surface area contributed by atoms with Gasteiger partial charge in [-0.3, -0.25) is 4.79 Å². The Labute approximate surface area is 259 Å². The largest absolute Gasteiger partial charge is 0.399 e. The van der Waals surface area contributed by atoms with E-state index in [0.29, 0.717) is 28.1 Å². The van der Waals surface area contributed by atoms with Crippen molar-refractivity contribution in [2.24, 2.45) is 10.9 Å². The summed E-state index contributed by atoms with van der Waals surface area (Å²) in [7, 11) is -3.84. The fourth-order valence-electron chi connectivity index (χ4n) is 4.25.